The van der Waals surface area contributed by atoms with Crippen LogP contribution < -0.4 is 11.4 Å². The normalized spacial score (nSPS) is 26.0. The van der Waals surface area contributed by atoms with Gasteiger partial charge in [-0.1, -0.05) is 0 Å². The van der Waals surface area contributed by atoms with Crippen LogP contribution in [-0.4, -0.2) is 74.9 Å². The number of rotatable bonds is 4. The largest absolute Gasteiger partial charge is 0.394 e. The number of fused-ring (bicyclic) bond motifs is 1. The zero-order chi connectivity index (χ0) is 18.4. The first-order chi connectivity index (χ1) is 12.5. The zero-order valence-electron chi connectivity index (χ0n) is 13.1. The van der Waals surface area contributed by atoms with Crippen LogP contribution in [0.5, 0.6) is 0 Å². The van der Waals surface area contributed by atoms with Gasteiger partial charge < -0.3 is 20.7 Å². The molecule has 0 bridgehead atoms. The number of ether oxygens (including phenoxy) is 1. The lowest BCUT2D eigenvalue weighted by molar-refractivity contribution is -0.0513. The highest BCUT2D eigenvalue weighted by Crippen LogP contribution is 2.32. The molecule has 138 valence electrons. The number of H-pyrrole nitrogens is 1. The molecule has 0 unspecified atom stereocenters. The molecule has 1 saturated heterocycles. The van der Waals surface area contributed by atoms with Gasteiger partial charge in [0.2, 0.25) is 5.95 Å². The monoisotopic (exact) mass is 367 g/mol. The Labute approximate surface area is 143 Å². The van der Waals surface area contributed by atoms with Crippen molar-refractivity contribution >= 4 is 17.1 Å². The van der Waals surface area contributed by atoms with E-state index in [2.05, 4.69) is 30.6 Å². The molecule has 5 N–H and O–H groups in total. The number of halogens is 1. The van der Waals surface area contributed by atoms with Crippen molar-refractivity contribution in [3.63, 3.8) is 0 Å². The number of nitrogens with one attached hydrogen (secondary N) is 1. The van der Waals surface area contributed by atoms with Gasteiger partial charge in [-0.05, 0) is 10.4 Å². The van der Waals surface area contributed by atoms with Crippen molar-refractivity contribution in [2.75, 3.05) is 12.3 Å². The average Bonchev–Trinajstić information content (AvgIpc) is 3.30. The molecular formula is C12H14FN9O4. The van der Waals surface area contributed by atoms with Crippen LogP contribution in [0.2, 0.25) is 0 Å². The van der Waals surface area contributed by atoms with Gasteiger partial charge in [-0.2, -0.15) is 4.98 Å². The molecular weight excluding hydrogens is 353 g/mol. The van der Waals surface area contributed by atoms with Crippen LogP contribution in [0.3, 0.4) is 0 Å². The smallest absolute Gasteiger partial charge is 0.333 e. The fraction of sp³-hybridized carbons (Fsp3) is 0.500. The number of nitrogen functional groups attached to an aromatic ring is 1. The summed E-state index contributed by atoms with van der Waals surface area (Å²) in [4.78, 5) is 20.8. The molecule has 3 aromatic rings. The lowest BCUT2D eigenvalue weighted by atomic mass is 10.1. The topological polar surface area (TPSA) is 183 Å². The van der Waals surface area contributed by atoms with E-state index in [-0.39, 0.29) is 29.5 Å². The number of alkyl halides is 1. The van der Waals surface area contributed by atoms with Gasteiger partial charge in [-0.25, -0.2) is 23.8 Å². The first-order valence-corrected chi connectivity index (χ1v) is 7.55. The number of aliphatic hydroxyl groups is 2. The molecule has 4 rings (SSSR count). The number of hydrogen-bond donors (Lipinski definition) is 4. The van der Waals surface area contributed by atoms with Crippen LogP contribution >= 0.6 is 0 Å². The standard InChI is InChI=1S/C12H14FN9O4/c13-7-5(3-23)26-10(8(7)24)22-9-4(1-15-11(14)16-9)21(12(22)25)2-6-17-19-20-18-6/h1,5,7-8,10,23-24H,2-3H2,(H2,14,15,16)(H,17,18,19,20)/t5-,7-,8-,10-/m1/s1. The first-order valence-electron chi connectivity index (χ1n) is 7.55. The lowest BCUT2D eigenvalue weighted by Gasteiger charge is -2.15. The van der Waals surface area contributed by atoms with E-state index in [1.807, 2.05) is 0 Å². The van der Waals surface area contributed by atoms with E-state index < -0.39 is 36.9 Å². The average molecular weight is 367 g/mol. The van der Waals surface area contributed by atoms with E-state index in [1.54, 1.807) is 0 Å². The molecule has 26 heavy (non-hydrogen) atoms. The minimum Gasteiger partial charge on any atom is -0.394 e. The lowest BCUT2D eigenvalue weighted by Crippen LogP contribution is -2.34. The summed E-state index contributed by atoms with van der Waals surface area (Å²) in [6.45, 7) is -0.698. The van der Waals surface area contributed by atoms with E-state index in [0.717, 1.165) is 4.57 Å². The number of aromatic nitrogens is 8. The summed E-state index contributed by atoms with van der Waals surface area (Å²) < 4.78 is 21.6. The molecule has 1 aliphatic rings. The number of hydrogen-bond acceptors (Lipinski definition) is 10. The summed E-state index contributed by atoms with van der Waals surface area (Å²) in [5.41, 5.74) is 5.25. The van der Waals surface area contributed by atoms with Crippen molar-refractivity contribution < 1.29 is 19.3 Å². The highest BCUT2D eigenvalue weighted by molar-refractivity contribution is 5.72. The Morgan fingerprint density at radius 3 is 2.92 bits per heavy atom. The molecule has 0 spiro atoms. The van der Waals surface area contributed by atoms with Gasteiger partial charge in [0.05, 0.1) is 19.3 Å². The van der Waals surface area contributed by atoms with Gasteiger partial charge in [-0.3, -0.25) is 4.57 Å². The van der Waals surface area contributed by atoms with Gasteiger partial charge in [0.1, 0.15) is 17.7 Å². The molecule has 1 fully saturated rings. The van der Waals surface area contributed by atoms with Crippen LogP contribution in [-0.2, 0) is 11.3 Å². The molecule has 0 radical (unpaired) electrons. The number of aromatic amines is 1. The maximum absolute atomic E-state index is 14.1. The SMILES string of the molecule is Nc1ncc2c(n1)n([C@@H]1O[C@H](CO)[C@@H](F)[C@H]1O)c(=O)n2Cc1nnn[nH]1. The second-order valence-corrected chi connectivity index (χ2v) is 5.71. The zero-order valence-corrected chi connectivity index (χ0v) is 13.1. The van der Waals surface area contributed by atoms with Crippen molar-refractivity contribution in [2.45, 2.75) is 31.2 Å². The van der Waals surface area contributed by atoms with E-state index in [4.69, 9.17) is 10.5 Å². The maximum Gasteiger partial charge on any atom is 0.333 e. The van der Waals surface area contributed by atoms with Gasteiger partial charge in [0.15, 0.2) is 23.9 Å². The molecule has 4 heterocycles. The second kappa shape index (κ2) is 6.08. The van der Waals surface area contributed by atoms with Crippen LogP contribution in [0.15, 0.2) is 11.0 Å². The van der Waals surface area contributed by atoms with Crippen molar-refractivity contribution in [2.24, 2.45) is 0 Å². The quantitative estimate of drug-likeness (QED) is 0.379. The number of aliphatic hydroxyl groups excluding tert-OH is 2. The summed E-state index contributed by atoms with van der Waals surface area (Å²) in [6, 6.07) is 0. The van der Waals surface area contributed by atoms with Gasteiger partial charge in [-0.15, -0.1) is 5.10 Å². The summed E-state index contributed by atoms with van der Waals surface area (Å²) in [5, 5.41) is 32.4. The molecule has 3 aromatic heterocycles. The van der Waals surface area contributed by atoms with Crippen molar-refractivity contribution in [3.05, 3.63) is 22.5 Å². The highest BCUT2D eigenvalue weighted by atomic mass is 19.1. The highest BCUT2D eigenvalue weighted by Gasteiger charge is 2.46. The molecule has 14 heteroatoms. The third kappa shape index (κ3) is 2.42. The van der Waals surface area contributed by atoms with Gasteiger partial charge >= 0.3 is 5.69 Å². The van der Waals surface area contributed by atoms with Gasteiger partial charge in [0.25, 0.3) is 0 Å². The first kappa shape index (κ1) is 16.5. The Bertz CT molecular complexity index is 987. The van der Waals surface area contributed by atoms with E-state index in [1.165, 1.54) is 10.8 Å². The van der Waals surface area contributed by atoms with Crippen LogP contribution in [0.4, 0.5) is 10.3 Å². The minimum absolute atomic E-state index is 0.0461. The van der Waals surface area contributed by atoms with Crippen molar-refractivity contribution in [1.82, 2.24) is 39.7 Å². The Hall–Kier alpha value is -2.97. The van der Waals surface area contributed by atoms with Crippen LogP contribution in [0.25, 0.3) is 11.2 Å². The fourth-order valence-electron chi connectivity index (χ4n) is 2.92. The van der Waals surface area contributed by atoms with Crippen molar-refractivity contribution in [3.8, 4) is 0 Å². The van der Waals surface area contributed by atoms with E-state index >= 15 is 0 Å². The molecule has 0 aliphatic carbocycles. The Balaban J connectivity index is 1.88. The molecule has 4 atom stereocenters. The predicted octanol–water partition coefficient (Wildman–Crippen LogP) is -2.67. The maximum atomic E-state index is 14.1. The summed E-state index contributed by atoms with van der Waals surface area (Å²) >= 11 is 0. The Morgan fingerprint density at radius 2 is 2.27 bits per heavy atom. The third-order valence-corrected chi connectivity index (χ3v) is 4.14. The fourth-order valence-corrected chi connectivity index (χ4v) is 2.92. The second-order valence-electron chi connectivity index (χ2n) is 5.71. The number of anilines is 1. The van der Waals surface area contributed by atoms with Crippen molar-refractivity contribution in [1.29, 1.82) is 0 Å². The van der Waals surface area contributed by atoms with Crippen LogP contribution in [0, 0.1) is 0 Å². The summed E-state index contributed by atoms with van der Waals surface area (Å²) in [5.74, 6) is 0.167. The minimum atomic E-state index is -1.87. The van der Waals surface area contributed by atoms with E-state index in [0.29, 0.717) is 0 Å². The van der Waals surface area contributed by atoms with Gasteiger partial charge in [0, 0.05) is 0 Å². The number of tetrazole rings is 1. The number of nitrogens with zero attached hydrogens (tertiary/aromatic N) is 7. The summed E-state index contributed by atoms with van der Waals surface area (Å²) in [7, 11) is 0. The van der Waals surface area contributed by atoms with E-state index in [9.17, 15) is 19.4 Å². The molecule has 0 amide bonds. The molecule has 13 nitrogen and oxygen atoms in total. The number of imidazole rings is 1. The Morgan fingerprint density at radius 1 is 1.46 bits per heavy atom. The number of nitrogens with two attached hydrogens (primary N) is 1. The molecule has 0 saturated carbocycles. The third-order valence-electron chi connectivity index (χ3n) is 4.14. The molecule has 1 aliphatic heterocycles. The molecule has 0 aromatic carbocycles. The Kier molecular flexibility index (Phi) is 3.86. The predicted molar refractivity (Wildman–Crippen MR) is 81.4 cm³/mol. The summed E-state index contributed by atoms with van der Waals surface area (Å²) in [6.07, 6.45) is -4.88. The van der Waals surface area contributed by atoms with Crippen LogP contribution in [0.1, 0.15) is 12.1 Å².